The number of amides is 1. The maximum absolute atomic E-state index is 12.5. The molecule has 90 valence electrons. The van der Waals surface area contributed by atoms with Crippen molar-refractivity contribution in [2.24, 2.45) is 11.1 Å². The maximum atomic E-state index is 12.5. The quantitative estimate of drug-likeness (QED) is 0.709. The third-order valence-electron chi connectivity index (χ3n) is 3.58. The Kier molecular flexibility index (Phi) is 3.04. The minimum absolute atomic E-state index is 0.125. The third kappa shape index (κ3) is 1.87. The second-order valence-electron chi connectivity index (χ2n) is 5.02. The lowest BCUT2D eigenvalue weighted by molar-refractivity contribution is -0.141. The smallest absolute Gasteiger partial charge is 0.233 e. The Hall–Kier alpha value is -0.870. The zero-order chi connectivity index (χ0) is 11.8. The average Bonchev–Trinajstić information content (AvgIpc) is 3.03. The number of carbonyl (C=O) groups excluding carboxylic acids is 1. The summed E-state index contributed by atoms with van der Waals surface area (Å²) < 4.78 is 5.32. The SMILES string of the molecule is C=CCN(C(=O)C1(C)COCC1N)C1CC1. The van der Waals surface area contributed by atoms with Crippen LogP contribution in [0, 0.1) is 5.41 Å². The van der Waals surface area contributed by atoms with Crippen LogP contribution in [0.1, 0.15) is 19.8 Å². The first-order valence-corrected chi connectivity index (χ1v) is 5.85. The topological polar surface area (TPSA) is 55.6 Å². The molecule has 0 aromatic rings. The van der Waals surface area contributed by atoms with Crippen LogP contribution in [0.15, 0.2) is 12.7 Å². The van der Waals surface area contributed by atoms with Crippen LogP contribution in [0.2, 0.25) is 0 Å². The minimum atomic E-state index is -0.550. The number of ether oxygens (including phenoxy) is 1. The highest BCUT2D eigenvalue weighted by molar-refractivity contribution is 5.84. The molecule has 0 radical (unpaired) electrons. The number of nitrogens with zero attached hydrogens (tertiary/aromatic N) is 1. The summed E-state index contributed by atoms with van der Waals surface area (Å²) in [7, 11) is 0. The van der Waals surface area contributed by atoms with Crippen molar-refractivity contribution < 1.29 is 9.53 Å². The van der Waals surface area contributed by atoms with Gasteiger partial charge in [0.25, 0.3) is 0 Å². The molecule has 0 aromatic heterocycles. The highest BCUT2D eigenvalue weighted by atomic mass is 16.5. The Bertz CT molecular complexity index is 301. The molecule has 16 heavy (non-hydrogen) atoms. The van der Waals surface area contributed by atoms with Crippen molar-refractivity contribution in [3.63, 3.8) is 0 Å². The molecule has 1 amide bonds. The molecule has 1 aliphatic carbocycles. The molecule has 4 heteroatoms. The Morgan fingerprint density at radius 1 is 1.69 bits per heavy atom. The zero-order valence-corrected chi connectivity index (χ0v) is 9.82. The van der Waals surface area contributed by atoms with Crippen molar-refractivity contribution in [2.75, 3.05) is 19.8 Å². The number of hydrogen-bond donors (Lipinski definition) is 1. The van der Waals surface area contributed by atoms with E-state index in [1.54, 1.807) is 6.08 Å². The van der Waals surface area contributed by atoms with Gasteiger partial charge in [-0.25, -0.2) is 0 Å². The Morgan fingerprint density at radius 3 is 2.81 bits per heavy atom. The molecule has 2 N–H and O–H groups in total. The van der Waals surface area contributed by atoms with Gasteiger partial charge in [-0.3, -0.25) is 4.79 Å². The molecular formula is C12H20N2O2. The molecule has 2 fully saturated rings. The fourth-order valence-corrected chi connectivity index (χ4v) is 2.16. The van der Waals surface area contributed by atoms with Crippen LogP contribution >= 0.6 is 0 Å². The predicted octanol–water partition coefficient (Wildman–Crippen LogP) is 0.527. The molecule has 4 nitrogen and oxygen atoms in total. The van der Waals surface area contributed by atoms with E-state index in [0.29, 0.717) is 25.8 Å². The van der Waals surface area contributed by atoms with Gasteiger partial charge in [-0.1, -0.05) is 6.08 Å². The maximum Gasteiger partial charge on any atom is 0.233 e. The van der Waals surface area contributed by atoms with Crippen molar-refractivity contribution in [3.05, 3.63) is 12.7 Å². The molecule has 1 saturated carbocycles. The van der Waals surface area contributed by atoms with E-state index >= 15 is 0 Å². The fourth-order valence-electron chi connectivity index (χ4n) is 2.16. The summed E-state index contributed by atoms with van der Waals surface area (Å²) in [5, 5.41) is 0. The first-order valence-electron chi connectivity index (χ1n) is 5.85. The molecule has 2 rings (SSSR count). The van der Waals surface area contributed by atoms with Gasteiger partial charge in [0.05, 0.1) is 18.6 Å². The predicted molar refractivity (Wildman–Crippen MR) is 61.8 cm³/mol. The van der Waals surface area contributed by atoms with Gasteiger partial charge < -0.3 is 15.4 Å². The van der Waals surface area contributed by atoms with Crippen molar-refractivity contribution in [1.29, 1.82) is 0 Å². The van der Waals surface area contributed by atoms with Gasteiger partial charge in [0.15, 0.2) is 0 Å². The third-order valence-corrected chi connectivity index (χ3v) is 3.58. The van der Waals surface area contributed by atoms with Crippen molar-refractivity contribution >= 4 is 5.91 Å². The van der Waals surface area contributed by atoms with Gasteiger partial charge in [-0.05, 0) is 19.8 Å². The van der Waals surface area contributed by atoms with E-state index in [1.165, 1.54) is 0 Å². The fraction of sp³-hybridized carbons (Fsp3) is 0.750. The van der Waals surface area contributed by atoms with Gasteiger partial charge in [0.2, 0.25) is 5.91 Å². The molecule has 0 spiro atoms. The molecular weight excluding hydrogens is 204 g/mol. The molecule has 0 bridgehead atoms. The summed E-state index contributed by atoms with van der Waals surface area (Å²) in [6.45, 7) is 7.15. The zero-order valence-electron chi connectivity index (χ0n) is 9.82. The Morgan fingerprint density at radius 2 is 2.38 bits per heavy atom. The highest BCUT2D eigenvalue weighted by Crippen LogP contribution is 2.35. The van der Waals surface area contributed by atoms with Gasteiger partial charge in [-0.15, -0.1) is 6.58 Å². The van der Waals surface area contributed by atoms with Crippen molar-refractivity contribution in [2.45, 2.75) is 31.8 Å². The molecule has 2 unspecified atom stereocenters. The number of carbonyl (C=O) groups is 1. The first kappa shape index (κ1) is 11.6. The van der Waals surface area contributed by atoms with Crippen LogP contribution in [0.3, 0.4) is 0 Å². The van der Waals surface area contributed by atoms with Crippen molar-refractivity contribution in [1.82, 2.24) is 4.90 Å². The highest BCUT2D eigenvalue weighted by Gasteiger charge is 2.48. The van der Waals surface area contributed by atoms with E-state index in [-0.39, 0.29) is 11.9 Å². The molecule has 1 heterocycles. The lowest BCUT2D eigenvalue weighted by Crippen LogP contribution is -2.52. The Balaban J connectivity index is 2.11. The summed E-state index contributed by atoms with van der Waals surface area (Å²) in [5.41, 5.74) is 5.42. The van der Waals surface area contributed by atoms with Crippen LogP contribution in [-0.2, 0) is 9.53 Å². The van der Waals surface area contributed by atoms with Gasteiger partial charge in [0.1, 0.15) is 0 Å². The monoisotopic (exact) mass is 224 g/mol. The van der Waals surface area contributed by atoms with Gasteiger partial charge in [0, 0.05) is 18.6 Å². The van der Waals surface area contributed by atoms with Crippen LogP contribution in [0.4, 0.5) is 0 Å². The number of nitrogens with two attached hydrogens (primary N) is 1. The summed E-state index contributed by atoms with van der Waals surface area (Å²) >= 11 is 0. The van der Waals surface area contributed by atoms with E-state index in [2.05, 4.69) is 6.58 Å². The summed E-state index contributed by atoms with van der Waals surface area (Å²) in [6.07, 6.45) is 3.98. The van der Waals surface area contributed by atoms with Gasteiger partial charge in [-0.2, -0.15) is 0 Å². The molecule has 1 aliphatic heterocycles. The van der Waals surface area contributed by atoms with Crippen LogP contribution in [0.5, 0.6) is 0 Å². The molecule has 2 aliphatic rings. The standard InChI is InChI=1S/C12H20N2O2/c1-3-6-14(9-4-5-9)11(15)12(2)8-16-7-10(12)13/h3,9-10H,1,4-8,13H2,2H3. The van der Waals surface area contributed by atoms with E-state index in [4.69, 9.17) is 10.5 Å². The van der Waals surface area contributed by atoms with E-state index in [1.807, 2.05) is 11.8 Å². The first-order chi connectivity index (χ1) is 7.59. The Labute approximate surface area is 96.4 Å². The lowest BCUT2D eigenvalue weighted by atomic mass is 9.84. The minimum Gasteiger partial charge on any atom is -0.379 e. The van der Waals surface area contributed by atoms with E-state index in [0.717, 1.165) is 12.8 Å². The summed E-state index contributed by atoms with van der Waals surface area (Å²) in [6, 6.07) is 0.209. The molecule has 0 aromatic carbocycles. The summed E-state index contributed by atoms with van der Waals surface area (Å²) in [4.78, 5) is 14.4. The molecule has 2 atom stereocenters. The second-order valence-corrected chi connectivity index (χ2v) is 5.02. The number of hydrogen-bond acceptors (Lipinski definition) is 3. The van der Waals surface area contributed by atoms with Gasteiger partial charge >= 0.3 is 0 Å². The van der Waals surface area contributed by atoms with Crippen LogP contribution in [0.25, 0.3) is 0 Å². The van der Waals surface area contributed by atoms with Crippen LogP contribution in [-0.4, -0.2) is 42.6 Å². The molecule has 1 saturated heterocycles. The number of rotatable bonds is 4. The second kappa shape index (κ2) is 4.18. The van der Waals surface area contributed by atoms with E-state index in [9.17, 15) is 4.79 Å². The van der Waals surface area contributed by atoms with E-state index < -0.39 is 5.41 Å². The van der Waals surface area contributed by atoms with Crippen LogP contribution < -0.4 is 5.73 Å². The average molecular weight is 224 g/mol. The largest absolute Gasteiger partial charge is 0.379 e. The lowest BCUT2D eigenvalue weighted by Gasteiger charge is -2.32. The van der Waals surface area contributed by atoms with Crippen molar-refractivity contribution in [3.8, 4) is 0 Å². The summed E-state index contributed by atoms with van der Waals surface area (Å²) in [5.74, 6) is 0.125. The normalized spacial score (nSPS) is 33.8.